The van der Waals surface area contributed by atoms with Crippen LogP contribution in [0.25, 0.3) is 0 Å². The SMILES string of the molecule is CCCCCCCCC=CCCCCCCCCOC(=O)Cl. The summed E-state index contributed by atoms with van der Waals surface area (Å²) in [5, 5.41) is 0. The predicted octanol–water partition coefficient (Wildman–Crippen LogP) is 7.40. The van der Waals surface area contributed by atoms with Crippen LogP contribution in [0.2, 0.25) is 0 Å². The lowest BCUT2D eigenvalue weighted by atomic mass is 10.1. The van der Waals surface area contributed by atoms with Crippen molar-refractivity contribution < 1.29 is 9.53 Å². The average Bonchev–Trinajstić information content (AvgIpc) is 2.50. The van der Waals surface area contributed by atoms with E-state index in [1.54, 1.807) is 0 Å². The Morgan fingerprint density at radius 3 is 1.73 bits per heavy atom. The zero-order valence-electron chi connectivity index (χ0n) is 14.5. The number of hydrogen-bond acceptors (Lipinski definition) is 2. The number of unbranched alkanes of at least 4 members (excludes halogenated alkanes) is 12. The molecule has 0 saturated carbocycles. The minimum Gasteiger partial charge on any atom is -0.454 e. The molecule has 2 nitrogen and oxygen atoms in total. The van der Waals surface area contributed by atoms with Gasteiger partial charge in [-0.1, -0.05) is 76.9 Å². The fourth-order valence-electron chi connectivity index (χ4n) is 2.50. The molecule has 0 saturated heterocycles. The van der Waals surface area contributed by atoms with Crippen LogP contribution in [0, 0.1) is 0 Å². The molecular formula is C19H35ClO2. The molecule has 0 bridgehead atoms. The van der Waals surface area contributed by atoms with E-state index in [1.807, 2.05) is 0 Å². The van der Waals surface area contributed by atoms with Gasteiger partial charge in [0, 0.05) is 11.6 Å². The van der Waals surface area contributed by atoms with E-state index in [4.69, 9.17) is 11.6 Å². The van der Waals surface area contributed by atoms with Gasteiger partial charge in [0.25, 0.3) is 0 Å². The van der Waals surface area contributed by atoms with Crippen molar-refractivity contribution in [3.8, 4) is 0 Å². The first-order valence-corrected chi connectivity index (χ1v) is 9.62. The van der Waals surface area contributed by atoms with Crippen LogP contribution in [-0.2, 0) is 4.74 Å². The highest BCUT2D eigenvalue weighted by Gasteiger charge is 1.95. The molecule has 22 heavy (non-hydrogen) atoms. The minimum absolute atomic E-state index is 0.462. The first-order valence-electron chi connectivity index (χ1n) is 9.24. The minimum atomic E-state index is -0.687. The lowest BCUT2D eigenvalue weighted by Gasteiger charge is -2.01. The van der Waals surface area contributed by atoms with Crippen LogP contribution in [0.3, 0.4) is 0 Å². The van der Waals surface area contributed by atoms with Gasteiger partial charge in [-0.3, -0.25) is 0 Å². The van der Waals surface area contributed by atoms with E-state index >= 15 is 0 Å². The predicted molar refractivity (Wildman–Crippen MR) is 96.7 cm³/mol. The quantitative estimate of drug-likeness (QED) is 0.167. The van der Waals surface area contributed by atoms with Gasteiger partial charge >= 0.3 is 5.43 Å². The molecule has 0 N–H and O–H groups in total. The maximum atomic E-state index is 10.3. The van der Waals surface area contributed by atoms with Gasteiger partial charge in [-0.25, -0.2) is 4.79 Å². The summed E-state index contributed by atoms with van der Waals surface area (Å²) in [4.78, 5) is 10.3. The second kappa shape index (κ2) is 18.5. The van der Waals surface area contributed by atoms with Crippen LogP contribution in [0.5, 0.6) is 0 Å². The van der Waals surface area contributed by atoms with E-state index in [0.29, 0.717) is 6.61 Å². The molecule has 0 aromatic carbocycles. The van der Waals surface area contributed by atoms with Crippen molar-refractivity contribution in [1.29, 1.82) is 0 Å². The first-order chi connectivity index (χ1) is 10.8. The van der Waals surface area contributed by atoms with Gasteiger partial charge in [0.15, 0.2) is 0 Å². The van der Waals surface area contributed by atoms with Crippen molar-refractivity contribution in [2.24, 2.45) is 0 Å². The van der Waals surface area contributed by atoms with Gasteiger partial charge in [-0.15, -0.1) is 0 Å². The van der Waals surface area contributed by atoms with Crippen LogP contribution in [0.15, 0.2) is 12.2 Å². The van der Waals surface area contributed by atoms with Gasteiger partial charge < -0.3 is 4.74 Å². The highest BCUT2D eigenvalue weighted by molar-refractivity contribution is 6.61. The molecule has 130 valence electrons. The summed E-state index contributed by atoms with van der Waals surface area (Å²) in [5.41, 5.74) is -0.687. The Hall–Kier alpha value is -0.500. The fraction of sp³-hybridized carbons (Fsp3) is 0.842. The summed E-state index contributed by atoms with van der Waals surface area (Å²) in [5.74, 6) is 0. The Labute approximate surface area is 142 Å². The molecule has 0 spiro atoms. The van der Waals surface area contributed by atoms with Crippen LogP contribution < -0.4 is 0 Å². The van der Waals surface area contributed by atoms with Crippen molar-refractivity contribution in [3.63, 3.8) is 0 Å². The van der Waals surface area contributed by atoms with E-state index in [9.17, 15) is 4.79 Å². The first kappa shape index (κ1) is 21.5. The molecule has 0 radical (unpaired) electrons. The molecule has 0 aromatic heterocycles. The van der Waals surface area contributed by atoms with Crippen LogP contribution in [0.1, 0.15) is 96.8 Å². The summed E-state index contributed by atoms with van der Waals surface area (Å²) in [6.07, 6.45) is 22.6. The smallest absolute Gasteiger partial charge is 0.403 e. The summed E-state index contributed by atoms with van der Waals surface area (Å²) in [6.45, 7) is 2.73. The van der Waals surface area contributed by atoms with Gasteiger partial charge in [0.2, 0.25) is 0 Å². The number of carbonyl (C=O) groups excluding carboxylic acids is 1. The summed E-state index contributed by atoms with van der Waals surface area (Å²) < 4.78 is 4.68. The Morgan fingerprint density at radius 1 is 0.773 bits per heavy atom. The van der Waals surface area contributed by atoms with E-state index in [1.165, 1.54) is 77.0 Å². The van der Waals surface area contributed by atoms with E-state index in [0.717, 1.165) is 12.8 Å². The van der Waals surface area contributed by atoms with Gasteiger partial charge in [-0.05, 0) is 32.1 Å². The summed E-state index contributed by atoms with van der Waals surface area (Å²) in [7, 11) is 0. The third-order valence-electron chi connectivity index (χ3n) is 3.87. The van der Waals surface area contributed by atoms with E-state index < -0.39 is 5.43 Å². The van der Waals surface area contributed by atoms with Crippen molar-refractivity contribution in [1.82, 2.24) is 0 Å². The molecule has 0 aliphatic heterocycles. The highest BCUT2D eigenvalue weighted by atomic mass is 35.5. The summed E-state index contributed by atoms with van der Waals surface area (Å²) in [6, 6.07) is 0. The second-order valence-electron chi connectivity index (χ2n) is 6.02. The molecule has 0 aliphatic carbocycles. The van der Waals surface area contributed by atoms with Gasteiger partial charge in [0.1, 0.15) is 0 Å². The van der Waals surface area contributed by atoms with Crippen LogP contribution in [0.4, 0.5) is 4.79 Å². The number of allylic oxidation sites excluding steroid dienone is 2. The lowest BCUT2D eigenvalue weighted by molar-refractivity contribution is 0.170. The zero-order chi connectivity index (χ0) is 16.3. The fourth-order valence-corrected chi connectivity index (χ4v) is 2.58. The summed E-state index contributed by atoms with van der Waals surface area (Å²) >= 11 is 5.08. The topological polar surface area (TPSA) is 26.3 Å². The number of halogens is 1. The van der Waals surface area contributed by atoms with Crippen molar-refractivity contribution >= 4 is 17.0 Å². The van der Waals surface area contributed by atoms with Crippen molar-refractivity contribution in [3.05, 3.63) is 12.2 Å². The maximum Gasteiger partial charge on any atom is 0.403 e. The molecular weight excluding hydrogens is 296 g/mol. The largest absolute Gasteiger partial charge is 0.454 e. The monoisotopic (exact) mass is 330 g/mol. The van der Waals surface area contributed by atoms with E-state index in [2.05, 4.69) is 23.8 Å². The molecule has 0 fully saturated rings. The molecule has 0 aromatic rings. The number of hydrogen-bond donors (Lipinski definition) is 0. The number of rotatable bonds is 16. The van der Waals surface area contributed by atoms with Crippen LogP contribution >= 0.6 is 11.6 Å². The van der Waals surface area contributed by atoms with Gasteiger partial charge in [-0.2, -0.15) is 0 Å². The molecule has 0 amide bonds. The van der Waals surface area contributed by atoms with Crippen molar-refractivity contribution in [2.45, 2.75) is 96.8 Å². The highest BCUT2D eigenvalue weighted by Crippen LogP contribution is 2.10. The Kier molecular flexibility index (Phi) is 18.1. The van der Waals surface area contributed by atoms with E-state index in [-0.39, 0.29) is 0 Å². The molecule has 0 unspecified atom stereocenters. The average molecular weight is 331 g/mol. The standard InChI is InChI=1S/C19H35ClO2/c1-2-3-4-5-6-7-8-9-10-11-12-13-14-15-16-17-18-22-19(20)21/h9-10H,2-8,11-18H2,1H3. The Bertz CT molecular complexity index is 264. The Morgan fingerprint density at radius 2 is 1.23 bits per heavy atom. The molecule has 3 heteroatoms. The zero-order valence-corrected chi connectivity index (χ0v) is 15.2. The van der Waals surface area contributed by atoms with Crippen molar-refractivity contribution in [2.75, 3.05) is 6.61 Å². The number of carbonyl (C=O) groups is 1. The Balaban J connectivity index is 3.06. The molecule has 0 heterocycles. The molecule has 0 atom stereocenters. The maximum absolute atomic E-state index is 10.3. The third-order valence-corrected chi connectivity index (χ3v) is 3.98. The number of ether oxygens (including phenoxy) is 1. The molecule has 0 aliphatic rings. The van der Waals surface area contributed by atoms with Gasteiger partial charge in [0.05, 0.1) is 6.61 Å². The second-order valence-corrected chi connectivity index (χ2v) is 6.33. The lowest BCUT2D eigenvalue weighted by Crippen LogP contribution is -1.96. The normalized spacial score (nSPS) is 11.2. The molecule has 0 rings (SSSR count). The third kappa shape index (κ3) is 19.5. The van der Waals surface area contributed by atoms with Crippen LogP contribution in [-0.4, -0.2) is 12.0 Å².